The number of nitrogens with zero attached hydrogens (tertiary/aromatic N) is 1. The van der Waals surface area contributed by atoms with Crippen molar-refractivity contribution in [2.24, 2.45) is 11.8 Å². The van der Waals surface area contributed by atoms with Crippen molar-refractivity contribution in [2.75, 3.05) is 18.0 Å². The van der Waals surface area contributed by atoms with Crippen molar-refractivity contribution in [3.05, 3.63) is 29.0 Å². The molecule has 0 amide bonds. The molecule has 1 aromatic carbocycles. The molecule has 1 saturated heterocycles. The van der Waals surface area contributed by atoms with Crippen LogP contribution in [-0.2, 0) is 0 Å². The molecule has 116 valence electrons. The lowest BCUT2D eigenvalue weighted by atomic mass is 9.87. The highest BCUT2D eigenvalue weighted by atomic mass is 35.5. The van der Waals surface area contributed by atoms with Gasteiger partial charge < -0.3 is 10.2 Å². The summed E-state index contributed by atoms with van der Waals surface area (Å²) in [5, 5.41) is 4.28. The van der Waals surface area contributed by atoms with Crippen LogP contribution in [0.1, 0.15) is 33.6 Å². The molecule has 0 aromatic heterocycles. The van der Waals surface area contributed by atoms with Crippen molar-refractivity contribution in [3.63, 3.8) is 0 Å². The zero-order valence-corrected chi connectivity index (χ0v) is 13.8. The quantitative estimate of drug-likeness (QED) is 0.905. The first-order valence-corrected chi connectivity index (χ1v) is 8.25. The fraction of sp³-hybridized carbons (Fsp3) is 0.647. The number of benzene rings is 1. The molecule has 2 nitrogen and oxygen atoms in total. The highest BCUT2D eigenvalue weighted by Gasteiger charge is 2.46. The van der Waals surface area contributed by atoms with Crippen LogP contribution >= 0.6 is 11.6 Å². The van der Waals surface area contributed by atoms with Crippen LogP contribution in [0.15, 0.2) is 18.2 Å². The molecule has 4 heteroatoms. The zero-order chi connectivity index (χ0) is 15.2. The molecule has 1 heterocycles. The molecule has 0 radical (unpaired) electrons. The van der Waals surface area contributed by atoms with E-state index in [-0.39, 0.29) is 11.4 Å². The van der Waals surface area contributed by atoms with Crippen molar-refractivity contribution in [2.45, 2.75) is 45.2 Å². The topological polar surface area (TPSA) is 15.3 Å². The van der Waals surface area contributed by atoms with Crippen LogP contribution in [0.5, 0.6) is 0 Å². The average Bonchev–Trinajstić information content (AvgIpc) is 3.22. The number of piperazine rings is 1. The van der Waals surface area contributed by atoms with Crippen LogP contribution in [-0.4, -0.2) is 24.7 Å². The molecule has 1 aliphatic heterocycles. The molecule has 1 aromatic rings. The Bertz CT molecular complexity index is 530. The average molecular weight is 311 g/mol. The first kappa shape index (κ1) is 15.1. The van der Waals surface area contributed by atoms with Crippen LogP contribution in [0.2, 0.25) is 5.02 Å². The number of anilines is 1. The Kier molecular flexibility index (Phi) is 3.91. The lowest BCUT2D eigenvalue weighted by Gasteiger charge is -2.49. The Balaban J connectivity index is 1.93. The molecule has 1 aliphatic carbocycles. The Labute approximate surface area is 131 Å². The van der Waals surface area contributed by atoms with Crippen LogP contribution < -0.4 is 10.2 Å². The maximum absolute atomic E-state index is 13.3. The third-order valence-corrected chi connectivity index (χ3v) is 5.38. The smallest absolute Gasteiger partial charge is 0.124 e. The molecule has 2 fully saturated rings. The van der Waals surface area contributed by atoms with Crippen LogP contribution in [0.25, 0.3) is 0 Å². The SMILES string of the molecule is CC(C)C1CNC(C)(C2CC2)CN1c1ccc(F)cc1Cl. The molecule has 2 atom stereocenters. The molecule has 0 spiro atoms. The minimum atomic E-state index is -0.273. The van der Waals surface area contributed by atoms with Gasteiger partial charge in [-0.25, -0.2) is 4.39 Å². The van der Waals surface area contributed by atoms with E-state index in [1.165, 1.54) is 25.0 Å². The van der Waals surface area contributed by atoms with Crippen molar-refractivity contribution >= 4 is 17.3 Å². The van der Waals surface area contributed by atoms with Crippen LogP contribution in [0.3, 0.4) is 0 Å². The minimum Gasteiger partial charge on any atom is -0.364 e. The van der Waals surface area contributed by atoms with Gasteiger partial charge in [-0.05, 0) is 49.8 Å². The van der Waals surface area contributed by atoms with Gasteiger partial charge in [0, 0.05) is 24.7 Å². The summed E-state index contributed by atoms with van der Waals surface area (Å²) in [6.45, 7) is 8.67. The first-order chi connectivity index (χ1) is 9.90. The minimum absolute atomic E-state index is 0.142. The van der Waals surface area contributed by atoms with Gasteiger partial charge in [0.15, 0.2) is 0 Å². The number of halogens is 2. The van der Waals surface area contributed by atoms with E-state index in [1.54, 1.807) is 0 Å². The van der Waals surface area contributed by atoms with Gasteiger partial charge in [-0.2, -0.15) is 0 Å². The summed E-state index contributed by atoms with van der Waals surface area (Å²) in [7, 11) is 0. The predicted molar refractivity (Wildman–Crippen MR) is 86.5 cm³/mol. The summed E-state index contributed by atoms with van der Waals surface area (Å²) in [6.07, 6.45) is 2.61. The van der Waals surface area contributed by atoms with Gasteiger partial charge in [-0.1, -0.05) is 25.4 Å². The normalized spacial score (nSPS) is 30.0. The first-order valence-electron chi connectivity index (χ1n) is 7.87. The van der Waals surface area contributed by atoms with Gasteiger partial charge in [0.1, 0.15) is 5.82 Å². The highest BCUT2D eigenvalue weighted by molar-refractivity contribution is 6.33. The third-order valence-electron chi connectivity index (χ3n) is 5.08. The molecule has 0 bridgehead atoms. The number of hydrogen-bond donors (Lipinski definition) is 1. The summed E-state index contributed by atoms with van der Waals surface area (Å²) in [5.74, 6) is 1.000. The van der Waals surface area contributed by atoms with E-state index in [9.17, 15) is 4.39 Å². The monoisotopic (exact) mass is 310 g/mol. The van der Waals surface area contributed by atoms with E-state index >= 15 is 0 Å². The van der Waals surface area contributed by atoms with Crippen molar-refractivity contribution in [1.29, 1.82) is 0 Å². The summed E-state index contributed by atoms with van der Waals surface area (Å²) in [5.41, 5.74) is 1.11. The maximum Gasteiger partial charge on any atom is 0.124 e. The van der Waals surface area contributed by atoms with E-state index in [0.717, 1.165) is 24.7 Å². The standard InChI is InChI=1S/C17H24ClFN2/c1-11(2)16-9-20-17(3,12-4-5-12)10-21(16)15-7-6-13(19)8-14(15)18/h6-8,11-12,16,20H,4-5,9-10H2,1-3H3. The van der Waals surface area contributed by atoms with Gasteiger partial charge in [-0.15, -0.1) is 0 Å². The van der Waals surface area contributed by atoms with E-state index in [0.29, 0.717) is 17.0 Å². The lowest BCUT2D eigenvalue weighted by Crippen LogP contribution is -2.65. The van der Waals surface area contributed by atoms with Gasteiger partial charge in [-0.3, -0.25) is 0 Å². The number of nitrogens with one attached hydrogen (secondary N) is 1. The molecule has 1 saturated carbocycles. The summed E-state index contributed by atoms with van der Waals surface area (Å²) >= 11 is 6.32. The van der Waals surface area contributed by atoms with Crippen LogP contribution in [0, 0.1) is 17.7 Å². The zero-order valence-electron chi connectivity index (χ0n) is 13.0. The Morgan fingerprint density at radius 2 is 2.10 bits per heavy atom. The highest BCUT2D eigenvalue weighted by Crippen LogP contribution is 2.43. The van der Waals surface area contributed by atoms with E-state index in [1.807, 2.05) is 6.07 Å². The second kappa shape index (κ2) is 5.44. The second-order valence-electron chi connectivity index (χ2n) is 7.11. The Morgan fingerprint density at radius 3 is 2.67 bits per heavy atom. The molecule has 1 N–H and O–H groups in total. The molecular weight excluding hydrogens is 287 g/mol. The van der Waals surface area contributed by atoms with Crippen LogP contribution in [0.4, 0.5) is 10.1 Å². The van der Waals surface area contributed by atoms with Crippen molar-refractivity contribution in [3.8, 4) is 0 Å². The second-order valence-corrected chi connectivity index (χ2v) is 7.51. The van der Waals surface area contributed by atoms with Gasteiger partial charge in [0.05, 0.1) is 10.7 Å². The summed E-state index contributed by atoms with van der Waals surface area (Å²) < 4.78 is 13.3. The summed E-state index contributed by atoms with van der Waals surface area (Å²) in [4.78, 5) is 2.39. The lowest BCUT2D eigenvalue weighted by molar-refractivity contribution is 0.233. The number of hydrogen-bond acceptors (Lipinski definition) is 2. The largest absolute Gasteiger partial charge is 0.364 e. The van der Waals surface area contributed by atoms with Crippen molar-refractivity contribution in [1.82, 2.24) is 5.32 Å². The van der Waals surface area contributed by atoms with E-state index in [2.05, 4.69) is 31.0 Å². The van der Waals surface area contributed by atoms with Gasteiger partial charge in [0.2, 0.25) is 0 Å². The maximum atomic E-state index is 13.3. The molecule has 3 rings (SSSR count). The molecule has 2 unspecified atom stereocenters. The Morgan fingerprint density at radius 1 is 1.38 bits per heavy atom. The third kappa shape index (κ3) is 2.91. The van der Waals surface area contributed by atoms with Gasteiger partial charge >= 0.3 is 0 Å². The summed E-state index contributed by atoms with van der Waals surface area (Å²) in [6, 6.07) is 5.14. The van der Waals surface area contributed by atoms with Crippen molar-refractivity contribution < 1.29 is 4.39 Å². The fourth-order valence-electron chi connectivity index (χ4n) is 3.54. The molecule has 2 aliphatic rings. The predicted octanol–water partition coefficient (Wildman–Crippen LogP) is 4.08. The Hall–Kier alpha value is -0.800. The van der Waals surface area contributed by atoms with Gasteiger partial charge in [0.25, 0.3) is 0 Å². The van der Waals surface area contributed by atoms with E-state index in [4.69, 9.17) is 11.6 Å². The van der Waals surface area contributed by atoms with E-state index < -0.39 is 0 Å². The molecule has 21 heavy (non-hydrogen) atoms. The molecular formula is C17H24ClFN2. The fourth-order valence-corrected chi connectivity index (χ4v) is 3.82. The number of rotatable bonds is 3.